The second kappa shape index (κ2) is 13.7. The van der Waals surface area contributed by atoms with E-state index in [9.17, 15) is 33.7 Å². The van der Waals surface area contributed by atoms with Crippen molar-refractivity contribution in [2.45, 2.75) is 16.6 Å². The third-order valence-electron chi connectivity index (χ3n) is 6.58. The van der Waals surface area contributed by atoms with E-state index in [0.717, 1.165) is 16.7 Å². The Kier molecular flexibility index (Phi) is 9.50. The minimum atomic E-state index is -0.765. The highest BCUT2D eigenvalue weighted by molar-refractivity contribution is 9.10. The first-order chi connectivity index (χ1) is 21.6. The van der Waals surface area contributed by atoms with Crippen molar-refractivity contribution >= 4 is 74.5 Å². The zero-order chi connectivity index (χ0) is 32.1. The Morgan fingerprint density at radius 3 is 2.42 bits per heavy atom. The number of nitrogens with zero attached hydrogens (tertiary/aromatic N) is 2. The summed E-state index contributed by atoms with van der Waals surface area (Å²) in [5.41, 5.74) is 0.537. The maximum atomic E-state index is 14.6. The monoisotopic (exact) mass is 688 g/mol. The van der Waals surface area contributed by atoms with Crippen molar-refractivity contribution in [2.24, 2.45) is 0 Å². The van der Waals surface area contributed by atoms with Crippen molar-refractivity contribution in [3.8, 4) is 0 Å². The Labute approximate surface area is 268 Å². The van der Waals surface area contributed by atoms with E-state index in [2.05, 4.69) is 26.6 Å². The highest BCUT2D eigenvalue weighted by Gasteiger charge is 2.40. The number of carbonyl (C=O) groups is 4. The predicted molar refractivity (Wildman–Crippen MR) is 171 cm³/mol. The summed E-state index contributed by atoms with van der Waals surface area (Å²) in [4.78, 5) is 64.1. The Bertz CT molecular complexity index is 1850. The number of nitrogens with one attached hydrogen (secondary N) is 2. The lowest BCUT2D eigenvalue weighted by Crippen LogP contribution is -2.31. The normalized spacial score (nSPS) is 14.8. The number of rotatable bonds is 9. The molecule has 1 atom stereocenters. The van der Waals surface area contributed by atoms with Crippen LogP contribution >= 0.6 is 27.7 Å². The molecule has 0 aliphatic carbocycles. The summed E-state index contributed by atoms with van der Waals surface area (Å²) >= 11 is 4.41. The molecule has 0 spiro atoms. The SMILES string of the molecule is O=C(Nc1cccc(SC2CC(=O)N(c3ccc([N+](=O)[O-])cc3)C2=O)c1)/C(=C/c1cc(Br)ccc1F)NC(=O)c1ccccc1. The first-order valence-corrected chi connectivity index (χ1v) is 15.0. The van der Waals surface area contributed by atoms with Gasteiger partial charge in [-0.15, -0.1) is 11.8 Å². The van der Waals surface area contributed by atoms with Gasteiger partial charge in [0, 0.05) is 44.7 Å². The maximum absolute atomic E-state index is 14.6. The first kappa shape index (κ1) is 31.3. The molecule has 13 heteroatoms. The van der Waals surface area contributed by atoms with Crippen LogP contribution in [0.15, 0.2) is 112 Å². The minimum Gasteiger partial charge on any atom is -0.321 e. The third kappa shape index (κ3) is 7.51. The molecule has 1 unspecified atom stereocenters. The highest BCUT2D eigenvalue weighted by Crippen LogP contribution is 2.35. The highest BCUT2D eigenvalue weighted by atomic mass is 79.9. The van der Waals surface area contributed by atoms with Gasteiger partial charge >= 0.3 is 0 Å². The zero-order valence-corrected chi connectivity index (χ0v) is 25.5. The Morgan fingerprint density at radius 2 is 1.71 bits per heavy atom. The molecule has 1 fully saturated rings. The van der Waals surface area contributed by atoms with E-state index < -0.39 is 39.6 Å². The molecule has 10 nitrogen and oxygen atoms in total. The molecule has 0 saturated carbocycles. The number of hydrogen-bond donors (Lipinski definition) is 2. The summed E-state index contributed by atoms with van der Waals surface area (Å²) in [6, 6.07) is 24.1. The number of halogens is 2. The Hall–Kier alpha value is -5.14. The molecule has 0 aromatic heterocycles. The van der Waals surface area contributed by atoms with Gasteiger partial charge in [0.25, 0.3) is 17.5 Å². The molecule has 1 saturated heterocycles. The van der Waals surface area contributed by atoms with Crippen molar-refractivity contribution < 1.29 is 28.5 Å². The van der Waals surface area contributed by atoms with Crippen molar-refractivity contribution in [2.75, 3.05) is 10.2 Å². The van der Waals surface area contributed by atoms with Gasteiger partial charge in [-0.25, -0.2) is 9.29 Å². The van der Waals surface area contributed by atoms with Crippen molar-refractivity contribution in [1.29, 1.82) is 0 Å². The van der Waals surface area contributed by atoms with Crippen molar-refractivity contribution in [1.82, 2.24) is 5.32 Å². The van der Waals surface area contributed by atoms with E-state index >= 15 is 0 Å². The molecule has 1 heterocycles. The van der Waals surface area contributed by atoms with Crippen LogP contribution in [0, 0.1) is 15.9 Å². The van der Waals surface area contributed by atoms with Gasteiger partial charge in [-0.1, -0.05) is 40.2 Å². The number of nitro benzene ring substituents is 1. The lowest BCUT2D eigenvalue weighted by atomic mass is 10.1. The van der Waals surface area contributed by atoms with Gasteiger partial charge in [-0.2, -0.15) is 0 Å². The summed E-state index contributed by atoms with van der Waals surface area (Å²) in [7, 11) is 0. The molecule has 4 amide bonds. The quantitative estimate of drug-likeness (QED) is 0.0907. The molecule has 45 heavy (non-hydrogen) atoms. The van der Waals surface area contributed by atoms with Crippen molar-refractivity contribution in [3.05, 3.63) is 134 Å². The molecule has 4 aromatic rings. The number of hydrogen-bond acceptors (Lipinski definition) is 7. The summed E-state index contributed by atoms with van der Waals surface area (Å²) in [6.45, 7) is 0. The summed E-state index contributed by atoms with van der Waals surface area (Å²) in [6.07, 6.45) is 1.14. The summed E-state index contributed by atoms with van der Waals surface area (Å²) in [5, 5.41) is 15.4. The van der Waals surface area contributed by atoms with Crippen LogP contribution in [0.4, 0.5) is 21.5 Å². The van der Waals surface area contributed by atoms with Crippen LogP contribution < -0.4 is 15.5 Å². The van der Waals surface area contributed by atoms with Gasteiger partial charge in [0.1, 0.15) is 11.5 Å². The fraction of sp³-hybridized carbons (Fsp3) is 0.0625. The van der Waals surface area contributed by atoms with E-state index in [-0.39, 0.29) is 29.1 Å². The van der Waals surface area contributed by atoms with E-state index in [1.54, 1.807) is 54.6 Å². The molecule has 0 radical (unpaired) electrons. The molecule has 1 aliphatic rings. The van der Waals surface area contributed by atoms with Gasteiger partial charge in [0.2, 0.25) is 11.8 Å². The number of imide groups is 1. The molecule has 0 bridgehead atoms. The van der Waals surface area contributed by atoms with Gasteiger partial charge in [-0.3, -0.25) is 29.3 Å². The fourth-order valence-corrected chi connectivity index (χ4v) is 5.92. The van der Waals surface area contributed by atoms with Crippen LogP contribution in [0.25, 0.3) is 6.08 Å². The van der Waals surface area contributed by atoms with Crippen molar-refractivity contribution in [3.63, 3.8) is 0 Å². The topological polar surface area (TPSA) is 139 Å². The average Bonchev–Trinajstić information content (AvgIpc) is 3.30. The lowest BCUT2D eigenvalue weighted by molar-refractivity contribution is -0.384. The van der Waals surface area contributed by atoms with E-state index in [1.165, 1.54) is 48.5 Å². The van der Waals surface area contributed by atoms with Crippen LogP contribution in [-0.2, 0) is 14.4 Å². The Balaban J connectivity index is 1.33. The molecule has 5 rings (SSSR count). The standard InChI is InChI=1S/C32H22BrFN4O6S/c33-21-9-14-26(34)20(15-21)16-27(36-30(40)19-5-2-1-3-6-19)31(41)35-22-7-4-8-25(17-22)45-28-18-29(39)37(32(28)42)23-10-12-24(13-11-23)38(43)44/h1-17,28H,18H2,(H,35,41)(H,36,40)/b27-16-. The molecular formula is C32H22BrFN4O6S. The number of thioether (sulfide) groups is 1. The fourth-order valence-electron chi connectivity index (χ4n) is 4.42. The van der Waals surface area contributed by atoms with Crippen LogP contribution in [0.5, 0.6) is 0 Å². The van der Waals surface area contributed by atoms with E-state index in [4.69, 9.17) is 0 Å². The number of non-ortho nitro benzene ring substituents is 1. The summed E-state index contributed by atoms with van der Waals surface area (Å²) in [5.74, 6) is -2.82. The third-order valence-corrected chi connectivity index (χ3v) is 8.25. The predicted octanol–water partition coefficient (Wildman–Crippen LogP) is 6.33. The van der Waals surface area contributed by atoms with E-state index in [1.807, 2.05) is 0 Å². The van der Waals surface area contributed by atoms with Gasteiger partial charge in [-0.05, 0) is 66.7 Å². The number of benzene rings is 4. The molecule has 4 aromatic carbocycles. The van der Waals surface area contributed by atoms with Crippen LogP contribution in [0.1, 0.15) is 22.3 Å². The number of carbonyl (C=O) groups excluding carboxylic acids is 4. The lowest BCUT2D eigenvalue weighted by Gasteiger charge is -2.15. The maximum Gasteiger partial charge on any atom is 0.272 e. The second-order valence-corrected chi connectivity index (χ2v) is 11.9. The largest absolute Gasteiger partial charge is 0.321 e. The number of nitro groups is 1. The van der Waals surface area contributed by atoms with Gasteiger partial charge in [0.05, 0.1) is 15.9 Å². The van der Waals surface area contributed by atoms with Crippen LogP contribution in [-0.4, -0.2) is 33.8 Å². The van der Waals surface area contributed by atoms with Gasteiger partial charge < -0.3 is 10.6 Å². The molecular weight excluding hydrogens is 667 g/mol. The first-order valence-electron chi connectivity index (χ1n) is 13.3. The second-order valence-electron chi connectivity index (χ2n) is 9.68. The molecule has 1 aliphatic heterocycles. The Morgan fingerprint density at radius 1 is 0.978 bits per heavy atom. The smallest absolute Gasteiger partial charge is 0.272 e. The zero-order valence-electron chi connectivity index (χ0n) is 23.1. The molecule has 2 N–H and O–H groups in total. The minimum absolute atomic E-state index is 0.0641. The summed E-state index contributed by atoms with van der Waals surface area (Å²) < 4.78 is 15.1. The van der Waals surface area contributed by atoms with Crippen LogP contribution in [0.2, 0.25) is 0 Å². The number of amides is 4. The van der Waals surface area contributed by atoms with E-state index in [0.29, 0.717) is 20.6 Å². The van der Waals surface area contributed by atoms with Gasteiger partial charge in [0.15, 0.2) is 0 Å². The molecule has 226 valence electrons. The number of anilines is 2. The average molecular weight is 690 g/mol. The van der Waals surface area contributed by atoms with Crippen LogP contribution in [0.3, 0.4) is 0 Å².